The predicted octanol–water partition coefficient (Wildman–Crippen LogP) is 3.02. The van der Waals surface area contributed by atoms with Crippen LogP contribution in [0.2, 0.25) is 0 Å². The molecule has 0 unspecified atom stereocenters. The van der Waals surface area contributed by atoms with E-state index in [1.54, 1.807) is 11.6 Å². The van der Waals surface area contributed by atoms with Gasteiger partial charge in [-0.3, -0.25) is 0 Å². The average Bonchev–Trinajstić information content (AvgIpc) is 2.92. The van der Waals surface area contributed by atoms with Gasteiger partial charge in [0.2, 0.25) is 5.95 Å². The summed E-state index contributed by atoms with van der Waals surface area (Å²) in [6.45, 7) is 0.532. The van der Waals surface area contributed by atoms with Crippen molar-refractivity contribution in [2.75, 3.05) is 5.73 Å². The lowest BCUT2D eigenvalue weighted by Crippen LogP contribution is -2.04. The van der Waals surface area contributed by atoms with E-state index in [1.165, 1.54) is 17.4 Å². The van der Waals surface area contributed by atoms with E-state index in [4.69, 9.17) is 5.73 Å². The zero-order chi connectivity index (χ0) is 12.7. The van der Waals surface area contributed by atoms with Crippen molar-refractivity contribution >= 4 is 44.2 Å². The first-order valence-corrected chi connectivity index (χ1v) is 6.86. The molecule has 1 aromatic carbocycles. The van der Waals surface area contributed by atoms with E-state index in [0.29, 0.717) is 22.5 Å². The van der Waals surface area contributed by atoms with E-state index in [0.717, 1.165) is 11.2 Å². The smallest absolute Gasteiger partial charge is 0.201 e. The lowest BCUT2D eigenvalue weighted by atomic mass is 10.3. The van der Waals surface area contributed by atoms with Gasteiger partial charge in [-0.2, -0.15) is 0 Å². The van der Waals surface area contributed by atoms with E-state index in [-0.39, 0.29) is 5.82 Å². The topological polar surface area (TPSA) is 56.7 Å². The van der Waals surface area contributed by atoms with Gasteiger partial charge in [-0.1, -0.05) is 0 Å². The van der Waals surface area contributed by atoms with Crippen LogP contribution in [0.4, 0.5) is 10.3 Å². The quantitative estimate of drug-likeness (QED) is 0.787. The number of thiazole rings is 1. The average molecular weight is 327 g/mol. The summed E-state index contributed by atoms with van der Waals surface area (Å²) < 4.78 is 15.6. The third-order valence-corrected chi connectivity index (χ3v) is 3.87. The van der Waals surface area contributed by atoms with Crippen LogP contribution in [-0.2, 0) is 6.54 Å². The Morgan fingerprint density at radius 3 is 3.00 bits per heavy atom. The Balaban J connectivity index is 2.16. The normalized spacial score (nSPS) is 11.2. The van der Waals surface area contributed by atoms with Gasteiger partial charge in [0.05, 0.1) is 33.3 Å². The van der Waals surface area contributed by atoms with Crippen molar-refractivity contribution in [1.29, 1.82) is 0 Å². The Hall–Kier alpha value is -1.47. The molecule has 0 saturated heterocycles. The summed E-state index contributed by atoms with van der Waals surface area (Å²) in [5.41, 5.74) is 9.86. The molecule has 92 valence electrons. The van der Waals surface area contributed by atoms with Crippen LogP contribution >= 0.6 is 27.3 Å². The Morgan fingerprint density at radius 2 is 2.28 bits per heavy atom. The number of hydrogen-bond donors (Lipinski definition) is 1. The summed E-state index contributed by atoms with van der Waals surface area (Å²) in [4.78, 5) is 8.36. The Bertz CT molecular complexity index is 707. The zero-order valence-electron chi connectivity index (χ0n) is 9.10. The number of nitrogens with two attached hydrogens (primary N) is 1. The number of benzene rings is 1. The molecule has 7 heteroatoms. The molecule has 0 aliphatic carbocycles. The van der Waals surface area contributed by atoms with Gasteiger partial charge in [0.25, 0.3) is 0 Å². The van der Waals surface area contributed by atoms with Gasteiger partial charge in [0.1, 0.15) is 5.82 Å². The molecule has 3 rings (SSSR count). The third kappa shape index (κ3) is 1.89. The molecule has 0 spiro atoms. The lowest BCUT2D eigenvalue weighted by molar-refractivity contribution is 0.622. The Labute approximate surface area is 114 Å². The molecule has 0 radical (unpaired) electrons. The van der Waals surface area contributed by atoms with E-state index < -0.39 is 0 Å². The second-order valence-electron chi connectivity index (χ2n) is 3.79. The maximum atomic E-state index is 13.4. The summed E-state index contributed by atoms with van der Waals surface area (Å²) >= 11 is 4.69. The van der Waals surface area contributed by atoms with Crippen molar-refractivity contribution in [3.05, 3.63) is 39.0 Å². The second-order valence-corrected chi connectivity index (χ2v) is 5.36. The van der Waals surface area contributed by atoms with Gasteiger partial charge in [-0.05, 0) is 22.0 Å². The number of rotatable bonds is 2. The van der Waals surface area contributed by atoms with E-state index in [2.05, 4.69) is 25.9 Å². The van der Waals surface area contributed by atoms with Crippen molar-refractivity contribution in [3.63, 3.8) is 0 Å². The predicted molar refractivity (Wildman–Crippen MR) is 73.0 cm³/mol. The summed E-state index contributed by atoms with van der Waals surface area (Å²) in [5, 5.41) is 1.95. The van der Waals surface area contributed by atoms with E-state index >= 15 is 0 Å². The lowest BCUT2D eigenvalue weighted by Gasteiger charge is -2.04. The van der Waals surface area contributed by atoms with Crippen LogP contribution in [0, 0.1) is 5.82 Å². The molecule has 2 heterocycles. The maximum absolute atomic E-state index is 13.4. The number of fused-ring (bicyclic) bond motifs is 1. The third-order valence-electron chi connectivity index (χ3n) is 2.62. The molecule has 0 fully saturated rings. The number of nitrogens with zero attached hydrogens (tertiary/aromatic N) is 3. The highest BCUT2D eigenvalue weighted by molar-refractivity contribution is 9.10. The van der Waals surface area contributed by atoms with Gasteiger partial charge >= 0.3 is 0 Å². The van der Waals surface area contributed by atoms with E-state index in [9.17, 15) is 4.39 Å². The van der Waals surface area contributed by atoms with Crippen molar-refractivity contribution in [3.8, 4) is 0 Å². The minimum atomic E-state index is -0.346. The Morgan fingerprint density at radius 1 is 1.44 bits per heavy atom. The fraction of sp³-hybridized carbons (Fsp3) is 0.0909. The number of halogens is 2. The summed E-state index contributed by atoms with van der Waals surface area (Å²) in [6, 6.07) is 3.05. The molecule has 0 amide bonds. The number of hydrogen-bond acceptors (Lipinski definition) is 4. The SMILES string of the molecule is Nc1nc2cc(F)c(Br)cc2n1Cc1cscn1. The Kier molecular flexibility index (Phi) is 2.79. The molecule has 0 atom stereocenters. The van der Waals surface area contributed by atoms with Gasteiger partial charge in [-0.25, -0.2) is 14.4 Å². The molecule has 18 heavy (non-hydrogen) atoms. The van der Waals surface area contributed by atoms with Gasteiger partial charge < -0.3 is 10.3 Å². The van der Waals surface area contributed by atoms with Crippen LogP contribution in [0.1, 0.15) is 5.69 Å². The van der Waals surface area contributed by atoms with Crippen molar-refractivity contribution in [2.24, 2.45) is 0 Å². The standard InChI is InChI=1S/C11H8BrFN4S/c12-7-1-10-9(2-8(7)13)16-11(14)17(10)3-6-4-18-5-15-6/h1-2,4-5H,3H2,(H2,14,16). The molecule has 0 saturated carbocycles. The number of aromatic nitrogens is 3. The van der Waals surface area contributed by atoms with Crippen LogP contribution in [0.3, 0.4) is 0 Å². The monoisotopic (exact) mass is 326 g/mol. The molecule has 4 nitrogen and oxygen atoms in total. The molecular weight excluding hydrogens is 319 g/mol. The molecular formula is C11H8BrFN4S. The van der Waals surface area contributed by atoms with Crippen LogP contribution in [-0.4, -0.2) is 14.5 Å². The molecule has 0 aliphatic heterocycles. The fourth-order valence-corrected chi connectivity index (χ4v) is 2.66. The van der Waals surface area contributed by atoms with Crippen LogP contribution < -0.4 is 5.73 Å². The molecule has 0 bridgehead atoms. The van der Waals surface area contributed by atoms with Gasteiger partial charge in [-0.15, -0.1) is 11.3 Å². The molecule has 2 aromatic heterocycles. The number of anilines is 1. The highest BCUT2D eigenvalue weighted by Gasteiger charge is 2.12. The fourth-order valence-electron chi connectivity index (χ4n) is 1.78. The van der Waals surface area contributed by atoms with Crippen LogP contribution in [0.15, 0.2) is 27.5 Å². The summed E-state index contributed by atoms with van der Waals surface area (Å²) in [6.07, 6.45) is 0. The molecule has 3 aromatic rings. The maximum Gasteiger partial charge on any atom is 0.201 e. The first kappa shape index (κ1) is 11.6. The van der Waals surface area contributed by atoms with Gasteiger partial charge in [0.15, 0.2) is 0 Å². The molecule has 0 aliphatic rings. The number of imidazole rings is 1. The zero-order valence-corrected chi connectivity index (χ0v) is 11.5. The highest BCUT2D eigenvalue weighted by atomic mass is 79.9. The first-order chi connectivity index (χ1) is 8.65. The number of nitrogen functional groups attached to an aromatic ring is 1. The highest BCUT2D eigenvalue weighted by Crippen LogP contribution is 2.25. The molecule has 2 N–H and O–H groups in total. The van der Waals surface area contributed by atoms with Gasteiger partial charge in [0, 0.05) is 11.4 Å². The summed E-state index contributed by atoms with van der Waals surface area (Å²) in [7, 11) is 0. The van der Waals surface area contributed by atoms with Crippen molar-refractivity contribution in [1.82, 2.24) is 14.5 Å². The second kappa shape index (κ2) is 4.33. The van der Waals surface area contributed by atoms with Crippen LogP contribution in [0.5, 0.6) is 0 Å². The van der Waals surface area contributed by atoms with Crippen LogP contribution in [0.25, 0.3) is 11.0 Å². The van der Waals surface area contributed by atoms with E-state index in [1.807, 2.05) is 9.95 Å². The largest absolute Gasteiger partial charge is 0.369 e. The summed E-state index contributed by atoms with van der Waals surface area (Å²) in [5.74, 6) is 0.0105. The van der Waals surface area contributed by atoms with Crippen molar-refractivity contribution in [2.45, 2.75) is 6.54 Å². The minimum Gasteiger partial charge on any atom is -0.369 e. The first-order valence-electron chi connectivity index (χ1n) is 5.13. The van der Waals surface area contributed by atoms with Crippen molar-refractivity contribution < 1.29 is 4.39 Å². The minimum absolute atomic E-state index is 0.346.